The SMILES string of the molecule is Cc1nnc2ccc(N(C)C3CN(c4nccn5cnnc45)C3)nn12. The van der Waals surface area contributed by atoms with Crippen molar-refractivity contribution in [1.82, 2.24) is 39.4 Å². The second-order valence-electron chi connectivity index (χ2n) is 6.19. The van der Waals surface area contributed by atoms with Crippen LogP contribution in [0, 0.1) is 6.92 Å². The number of rotatable bonds is 3. The summed E-state index contributed by atoms with van der Waals surface area (Å²) in [4.78, 5) is 8.84. The molecule has 0 N–H and O–H groups in total. The van der Waals surface area contributed by atoms with Gasteiger partial charge in [0.1, 0.15) is 12.1 Å². The number of likely N-dealkylation sites (N-methyl/N-ethyl adjacent to an activating group) is 1. The molecule has 4 aromatic rings. The van der Waals surface area contributed by atoms with Gasteiger partial charge in [-0.15, -0.1) is 25.5 Å². The van der Waals surface area contributed by atoms with E-state index in [4.69, 9.17) is 0 Å². The van der Waals surface area contributed by atoms with E-state index in [0.29, 0.717) is 6.04 Å². The van der Waals surface area contributed by atoms with Crippen molar-refractivity contribution in [3.63, 3.8) is 0 Å². The van der Waals surface area contributed by atoms with Crippen LogP contribution in [0.2, 0.25) is 0 Å². The van der Waals surface area contributed by atoms with E-state index in [0.717, 1.165) is 41.8 Å². The second kappa shape index (κ2) is 5.10. The Morgan fingerprint density at radius 1 is 1.16 bits per heavy atom. The van der Waals surface area contributed by atoms with Gasteiger partial charge < -0.3 is 9.80 Å². The first-order chi connectivity index (χ1) is 12.2. The standard InChI is InChI=1S/C15H16N10/c1-10-18-19-12-3-4-13(21-25(10)12)22(2)11-7-24(8-11)14-15-20-17-9-23(15)6-5-16-14/h3-6,9,11H,7-8H2,1-2H3. The van der Waals surface area contributed by atoms with Crippen LogP contribution in [0.3, 0.4) is 0 Å². The Hall–Kier alpha value is -3.30. The topological polar surface area (TPSA) is 92.6 Å². The van der Waals surface area contributed by atoms with Crippen molar-refractivity contribution in [3.05, 3.63) is 36.7 Å². The minimum atomic E-state index is 0.353. The summed E-state index contributed by atoms with van der Waals surface area (Å²) in [6.45, 7) is 3.61. The molecule has 1 aliphatic rings. The highest BCUT2D eigenvalue weighted by Gasteiger charge is 2.33. The quantitative estimate of drug-likeness (QED) is 0.524. The fourth-order valence-corrected chi connectivity index (χ4v) is 3.10. The summed E-state index contributed by atoms with van der Waals surface area (Å²) >= 11 is 0. The summed E-state index contributed by atoms with van der Waals surface area (Å²) in [6, 6.07) is 4.27. The van der Waals surface area contributed by atoms with Gasteiger partial charge in [-0.05, 0) is 19.1 Å². The van der Waals surface area contributed by atoms with Gasteiger partial charge in [0.05, 0.1) is 6.04 Å². The average molecular weight is 336 g/mol. The molecule has 10 nitrogen and oxygen atoms in total. The van der Waals surface area contributed by atoms with Crippen LogP contribution >= 0.6 is 0 Å². The van der Waals surface area contributed by atoms with E-state index >= 15 is 0 Å². The highest BCUT2D eigenvalue weighted by atomic mass is 15.4. The number of fused-ring (bicyclic) bond motifs is 2. The van der Waals surface area contributed by atoms with Crippen LogP contribution in [0.1, 0.15) is 5.82 Å². The summed E-state index contributed by atoms with van der Waals surface area (Å²) in [5.74, 6) is 2.54. The molecule has 1 saturated heterocycles. The molecule has 4 aromatic heterocycles. The zero-order chi connectivity index (χ0) is 17.0. The van der Waals surface area contributed by atoms with E-state index in [2.05, 4.69) is 47.3 Å². The van der Waals surface area contributed by atoms with E-state index in [9.17, 15) is 0 Å². The Morgan fingerprint density at radius 2 is 2.04 bits per heavy atom. The van der Waals surface area contributed by atoms with Gasteiger partial charge in [0.2, 0.25) is 5.65 Å². The number of nitrogens with zero attached hydrogens (tertiary/aromatic N) is 10. The number of hydrogen-bond acceptors (Lipinski definition) is 8. The molecule has 0 amide bonds. The molecule has 0 radical (unpaired) electrons. The van der Waals surface area contributed by atoms with Crippen molar-refractivity contribution in [3.8, 4) is 0 Å². The lowest BCUT2D eigenvalue weighted by atomic mass is 10.1. The Bertz CT molecular complexity index is 1060. The van der Waals surface area contributed by atoms with Crippen LogP contribution in [0.25, 0.3) is 11.3 Å². The van der Waals surface area contributed by atoms with Gasteiger partial charge in [-0.2, -0.15) is 4.52 Å². The lowest BCUT2D eigenvalue weighted by molar-refractivity contribution is 0.488. The fraction of sp³-hybridized carbons (Fsp3) is 0.333. The summed E-state index contributed by atoms with van der Waals surface area (Å²) < 4.78 is 3.64. The van der Waals surface area contributed by atoms with E-state index in [1.165, 1.54) is 0 Å². The molecule has 1 aliphatic heterocycles. The van der Waals surface area contributed by atoms with E-state index in [-0.39, 0.29) is 0 Å². The van der Waals surface area contributed by atoms with Crippen LogP contribution in [0.15, 0.2) is 30.9 Å². The number of aryl methyl sites for hydroxylation is 1. The molecule has 0 atom stereocenters. The van der Waals surface area contributed by atoms with Gasteiger partial charge >= 0.3 is 0 Å². The van der Waals surface area contributed by atoms with Gasteiger partial charge in [-0.25, -0.2) is 4.98 Å². The maximum Gasteiger partial charge on any atom is 0.203 e. The van der Waals surface area contributed by atoms with Crippen molar-refractivity contribution in [2.24, 2.45) is 0 Å². The van der Waals surface area contributed by atoms with Gasteiger partial charge in [0, 0.05) is 32.5 Å². The van der Waals surface area contributed by atoms with E-state index in [1.54, 1.807) is 17.0 Å². The third kappa shape index (κ3) is 2.10. The molecule has 25 heavy (non-hydrogen) atoms. The first-order valence-electron chi connectivity index (χ1n) is 8.02. The fourth-order valence-electron chi connectivity index (χ4n) is 3.10. The average Bonchev–Trinajstić information content (AvgIpc) is 3.20. The monoisotopic (exact) mass is 336 g/mol. The first-order valence-corrected chi connectivity index (χ1v) is 8.02. The maximum absolute atomic E-state index is 4.63. The Morgan fingerprint density at radius 3 is 2.92 bits per heavy atom. The zero-order valence-electron chi connectivity index (χ0n) is 13.9. The molecule has 1 fully saturated rings. The number of anilines is 2. The van der Waals surface area contributed by atoms with Gasteiger partial charge in [-0.3, -0.25) is 4.40 Å². The van der Waals surface area contributed by atoms with Gasteiger partial charge in [0.25, 0.3) is 0 Å². The highest BCUT2D eigenvalue weighted by molar-refractivity contribution is 5.65. The molecule has 0 aromatic carbocycles. The summed E-state index contributed by atoms with van der Waals surface area (Å²) in [5.41, 5.74) is 1.54. The Labute approximate surface area is 142 Å². The van der Waals surface area contributed by atoms with Crippen LogP contribution < -0.4 is 9.80 Å². The van der Waals surface area contributed by atoms with Gasteiger partial charge in [0.15, 0.2) is 17.3 Å². The molecule has 5 heterocycles. The summed E-state index contributed by atoms with van der Waals surface area (Å²) in [7, 11) is 2.06. The number of aromatic nitrogens is 8. The third-order valence-electron chi connectivity index (χ3n) is 4.67. The highest BCUT2D eigenvalue weighted by Crippen LogP contribution is 2.26. The molecule has 0 unspecified atom stereocenters. The van der Waals surface area contributed by atoms with E-state index < -0.39 is 0 Å². The van der Waals surface area contributed by atoms with Crippen molar-refractivity contribution in [1.29, 1.82) is 0 Å². The molecule has 0 bridgehead atoms. The summed E-state index contributed by atoms with van der Waals surface area (Å²) in [5, 5.41) is 20.9. The van der Waals surface area contributed by atoms with Crippen molar-refractivity contribution in [2.45, 2.75) is 13.0 Å². The van der Waals surface area contributed by atoms with Crippen LogP contribution in [-0.2, 0) is 0 Å². The smallest absolute Gasteiger partial charge is 0.203 e. The van der Waals surface area contributed by atoms with Gasteiger partial charge in [-0.1, -0.05) is 0 Å². The van der Waals surface area contributed by atoms with Crippen molar-refractivity contribution >= 4 is 22.9 Å². The Balaban J connectivity index is 1.37. The molecule has 0 spiro atoms. The van der Waals surface area contributed by atoms with Crippen LogP contribution in [0.5, 0.6) is 0 Å². The predicted molar refractivity (Wildman–Crippen MR) is 90.7 cm³/mol. The first kappa shape index (κ1) is 14.1. The second-order valence-corrected chi connectivity index (χ2v) is 6.19. The van der Waals surface area contributed by atoms with Crippen LogP contribution in [-0.4, -0.2) is 65.6 Å². The zero-order valence-corrected chi connectivity index (χ0v) is 13.9. The molecule has 5 rings (SSSR count). The lowest BCUT2D eigenvalue weighted by Gasteiger charge is -2.44. The number of hydrogen-bond donors (Lipinski definition) is 0. The molecular formula is C15H16N10. The maximum atomic E-state index is 4.63. The lowest BCUT2D eigenvalue weighted by Crippen LogP contribution is -2.59. The predicted octanol–water partition coefficient (Wildman–Crippen LogP) is 0.195. The molecule has 126 valence electrons. The molecule has 10 heteroatoms. The van der Waals surface area contributed by atoms with Crippen molar-refractivity contribution in [2.75, 3.05) is 29.9 Å². The minimum Gasteiger partial charge on any atom is -0.352 e. The summed E-state index contributed by atoms with van der Waals surface area (Å²) in [6.07, 6.45) is 5.31. The van der Waals surface area contributed by atoms with Crippen molar-refractivity contribution < 1.29 is 0 Å². The minimum absolute atomic E-state index is 0.353. The largest absolute Gasteiger partial charge is 0.352 e. The normalized spacial score (nSPS) is 15.0. The molecular weight excluding hydrogens is 320 g/mol. The molecule has 0 aliphatic carbocycles. The van der Waals surface area contributed by atoms with E-state index in [1.807, 2.05) is 29.7 Å². The molecule has 0 saturated carbocycles. The third-order valence-corrected chi connectivity index (χ3v) is 4.67. The van der Waals surface area contributed by atoms with Crippen LogP contribution in [0.4, 0.5) is 11.6 Å². The Kier molecular flexibility index (Phi) is 2.87.